The molecule has 2 aromatic rings. The van der Waals surface area contributed by atoms with E-state index in [9.17, 15) is 14.9 Å². The van der Waals surface area contributed by atoms with Crippen LogP contribution in [0.15, 0.2) is 53.5 Å². The average molecular weight is 323 g/mol. The molecule has 0 fully saturated rings. The van der Waals surface area contributed by atoms with Crippen LogP contribution in [0.2, 0.25) is 0 Å². The fraction of sp³-hybridized carbons (Fsp3) is 0.222. The van der Waals surface area contributed by atoms with Gasteiger partial charge in [0, 0.05) is 37.1 Å². The van der Waals surface area contributed by atoms with Crippen LogP contribution in [0.1, 0.15) is 16.7 Å². The summed E-state index contributed by atoms with van der Waals surface area (Å²) >= 11 is 0. The summed E-state index contributed by atoms with van der Waals surface area (Å²) in [6.07, 6.45) is 0.481. The van der Waals surface area contributed by atoms with Crippen LogP contribution in [0.25, 0.3) is 0 Å². The summed E-state index contributed by atoms with van der Waals surface area (Å²) in [5.74, 6) is 0.886. The molecular weight excluding hydrogens is 306 g/mol. The molecular formula is C18H17N3O3. The Morgan fingerprint density at radius 3 is 2.50 bits per heavy atom. The van der Waals surface area contributed by atoms with E-state index in [1.54, 1.807) is 12.1 Å². The number of Topliss-reactive ketones (excluding diaryl/α,β-unsaturated/α-hetero) is 1. The van der Waals surface area contributed by atoms with Crippen LogP contribution < -0.4 is 5.32 Å². The first-order valence-electron chi connectivity index (χ1n) is 7.74. The molecule has 1 aliphatic heterocycles. The van der Waals surface area contributed by atoms with Crippen LogP contribution >= 0.6 is 0 Å². The maximum Gasteiger partial charge on any atom is 0.269 e. The number of nitrogens with one attached hydrogen (secondary N) is 1. The molecule has 6 heteroatoms. The Bertz CT molecular complexity index is 815. The number of amidine groups is 1. The van der Waals surface area contributed by atoms with Crippen LogP contribution in [-0.4, -0.2) is 29.6 Å². The monoisotopic (exact) mass is 323 g/mol. The highest BCUT2D eigenvalue weighted by atomic mass is 16.6. The number of rotatable bonds is 6. The highest BCUT2D eigenvalue weighted by Gasteiger charge is 2.12. The van der Waals surface area contributed by atoms with Gasteiger partial charge in [0.25, 0.3) is 5.69 Å². The molecule has 0 aliphatic carbocycles. The molecule has 0 unspecified atom stereocenters. The van der Waals surface area contributed by atoms with E-state index in [-0.39, 0.29) is 17.9 Å². The second-order valence-corrected chi connectivity index (χ2v) is 5.68. The highest BCUT2D eigenvalue weighted by molar-refractivity contribution is 6.00. The number of carbonyl (C=O) groups excluding carboxylic acids is 1. The standard InChI is InChI=1S/C18H17N3O3/c22-17(12-14-4-2-6-16(10-14)21(23)24)11-13-3-1-5-15(9-13)18-19-7-8-20-18/h1-6,9-10H,7-8,11-12H2,(H,19,20). The lowest BCUT2D eigenvalue weighted by atomic mass is 10.0. The lowest BCUT2D eigenvalue weighted by molar-refractivity contribution is -0.384. The smallest absolute Gasteiger partial charge is 0.269 e. The van der Waals surface area contributed by atoms with Crippen molar-refractivity contribution < 1.29 is 9.72 Å². The molecule has 24 heavy (non-hydrogen) atoms. The van der Waals surface area contributed by atoms with Crippen LogP contribution in [0, 0.1) is 10.1 Å². The van der Waals surface area contributed by atoms with Gasteiger partial charge in [-0.2, -0.15) is 0 Å². The number of aliphatic imine (C=N–C) groups is 1. The van der Waals surface area contributed by atoms with Crippen LogP contribution in [-0.2, 0) is 17.6 Å². The van der Waals surface area contributed by atoms with Crippen molar-refractivity contribution in [1.82, 2.24) is 5.32 Å². The third-order valence-electron chi connectivity index (χ3n) is 3.80. The van der Waals surface area contributed by atoms with E-state index in [2.05, 4.69) is 10.3 Å². The fourth-order valence-electron chi connectivity index (χ4n) is 2.72. The Morgan fingerprint density at radius 2 is 1.83 bits per heavy atom. The van der Waals surface area contributed by atoms with Gasteiger partial charge in [-0.15, -0.1) is 0 Å². The number of nitro groups is 1. The zero-order valence-electron chi connectivity index (χ0n) is 13.1. The van der Waals surface area contributed by atoms with Gasteiger partial charge in [-0.05, 0) is 17.2 Å². The predicted octanol–water partition coefficient (Wildman–Crippen LogP) is 2.30. The van der Waals surface area contributed by atoms with Gasteiger partial charge >= 0.3 is 0 Å². The van der Waals surface area contributed by atoms with E-state index >= 15 is 0 Å². The van der Waals surface area contributed by atoms with E-state index in [1.807, 2.05) is 24.3 Å². The molecule has 1 heterocycles. The third-order valence-corrected chi connectivity index (χ3v) is 3.80. The quantitative estimate of drug-likeness (QED) is 0.653. The molecule has 0 atom stereocenters. The molecule has 2 aromatic carbocycles. The maximum absolute atomic E-state index is 12.3. The summed E-state index contributed by atoms with van der Waals surface area (Å²) in [4.78, 5) is 27.0. The highest BCUT2D eigenvalue weighted by Crippen LogP contribution is 2.15. The first kappa shape index (κ1) is 15.9. The van der Waals surface area contributed by atoms with Gasteiger partial charge in [0.15, 0.2) is 0 Å². The molecule has 0 saturated carbocycles. The lowest BCUT2D eigenvalue weighted by Crippen LogP contribution is -2.19. The minimum Gasteiger partial charge on any atom is -0.368 e. The Balaban J connectivity index is 1.68. The molecule has 3 rings (SSSR count). The van der Waals surface area contributed by atoms with Gasteiger partial charge in [-0.25, -0.2) is 0 Å². The Morgan fingerprint density at radius 1 is 1.12 bits per heavy atom. The summed E-state index contributed by atoms with van der Waals surface area (Å²) in [6, 6.07) is 14.0. The summed E-state index contributed by atoms with van der Waals surface area (Å²) in [7, 11) is 0. The molecule has 122 valence electrons. The number of hydrogen-bond acceptors (Lipinski definition) is 5. The second-order valence-electron chi connectivity index (χ2n) is 5.68. The van der Waals surface area contributed by atoms with Gasteiger partial charge in [0.1, 0.15) is 11.6 Å². The SMILES string of the molecule is O=C(Cc1cccc(C2=NCCN2)c1)Cc1cccc([N+](=O)[O-])c1. The van der Waals surface area contributed by atoms with Gasteiger partial charge in [0.05, 0.1) is 11.5 Å². The molecule has 0 saturated heterocycles. The number of nitrogens with zero attached hydrogens (tertiary/aromatic N) is 2. The van der Waals surface area contributed by atoms with Crippen LogP contribution in [0.4, 0.5) is 5.69 Å². The van der Waals surface area contributed by atoms with Crippen molar-refractivity contribution in [3.05, 3.63) is 75.3 Å². The zero-order chi connectivity index (χ0) is 16.9. The molecule has 0 radical (unpaired) electrons. The number of non-ortho nitro benzene ring substituents is 1. The molecule has 0 aromatic heterocycles. The minimum atomic E-state index is -0.452. The number of carbonyl (C=O) groups is 1. The average Bonchev–Trinajstić information content (AvgIpc) is 3.09. The molecule has 0 amide bonds. The van der Waals surface area contributed by atoms with Crippen molar-refractivity contribution in [3.63, 3.8) is 0 Å². The predicted molar refractivity (Wildman–Crippen MR) is 91.4 cm³/mol. The zero-order valence-corrected chi connectivity index (χ0v) is 13.1. The molecule has 0 bridgehead atoms. The van der Waals surface area contributed by atoms with E-state index in [0.29, 0.717) is 12.0 Å². The summed E-state index contributed by atoms with van der Waals surface area (Å²) in [5.41, 5.74) is 2.56. The fourth-order valence-corrected chi connectivity index (χ4v) is 2.72. The van der Waals surface area contributed by atoms with Crippen molar-refractivity contribution >= 4 is 17.3 Å². The number of ketones is 1. The number of benzene rings is 2. The van der Waals surface area contributed by atoms with Gasteiger partial charge in [0.2, 0.25) is 0 Å². The first-order chi connectivity index (χ1) is 11.6. The first-order valence-corrected chi connectivity index (χ1v) is 7.74. The Kier molecular flexibility index (Phi) is 4.65. The van der Waals surface area contributed by atoms with E-state index < -0.39 is 4.92 Å². The van der Waals surface area contributed by atoms with Gasteiger partial charge in [-0.1, -0.05) is 30.3 Å². The summed E-state index contributed by atoms with van der Waals surface area (Å²) in [5, 5.41) is 14.0. The third kappa shape index (κ3) is 3.84. The topological polar surface area (TPSA) is 84.6 Å². The number of nitro benzene ring substituents is 1. The summed E-state index contributed by atoms with van der Waals surface area (Å²) in [6.45, 7) is 1.61. The molecule has 0 spiro atoms. The van der Waals surface area contributed by atoms with Gasteiger partial charge < -0.3 is 5.32 Å². The lowest BCUT2D eigenvalue weighted by Gasteiger charge is -2.06. The Labute approximate surface area is 139 Å². The minimum absolute atomic E-state index is 0.00705. The largest absolute Gasteiger partial charge is 0.368 e. The molecule has 1 aliphatic rings. The van der Waals surface area contributed by atoms with Crippen molar-refractivity contribution in [2.45, 2.75) is 12.8 Å². The van der Waals surface area contributed by atoms with Crippen molar-refractivity contribution in [1.29, 1.82) is 0 Å². The van der Waals surface area contributed by atoms with E-state index in [1.165, 1.54) is 12.1 Å². The summed E-state index contributed by atoms with van der Waals surface area (Å²) < 4.78 is 0. The number of hydrogen-bond donors (Lipinski definition) is 1. The normalized spacial score (nSPS) is 13.2. The van der Waals surface area contributed by atoms with Crippen molar-refractivity contribution in [3.8, 4) is 0 Å². The Hall–Kier alpha value is -3.02. The molecule has 1 N–H and O–H groups in total. The maximum atomic E-state index is 12.3. The van der Waals surface area contributed by atoms with Crippen molar-refractivity contribution in [2.75, 3.05) is 13.1 Å². The second kappa shape index (κ2) is 7.04. The van der Waals surface area contributed by atoms with Crippen LogP contribution in [0.5, 0.6) is 0 Å². The van der Waals surface area contributed by atoms with E-state index in [4.69, 9.17) is 0 Å². The molecule has 6 nitrogen and oxygen atoms in total. The van der Waals surface area contributed by atoms with Gasteiger partial charge in [-0.3, -0.25) is 19.9 Å². The van der Waals surface area contributed by atoms with Crippen molar-refractivity contribution in [2.24, 2.45) is 4.99 Å². The van der Waals surface area contributed by atoms with Crippen LogP contribution in [0.3, 0.4) is 0 Å². The van der Waals surface area contributed by atoms with E-state index in [0.717, 1.165) is 30.1 Å².